The second kappa shape index (κ2) is 10.4. The van der Waals surface area contributed by atoms with Crippen molar-refractivity contribution in [3.05, 3.63) is 52.0 Å². The average Bonchev–Trinajstić information content (AvgIpc) is 3.39. The van der Waals surface area contributed by atoms with E-state index in [-0.39, 0.29) is 18.3 Å². The summed E-state index contributed by atoms with van der Waals surface area (Å²) in [4.78, 5) is 18.7. The maximum absolute atomic E-state index is 12.7. The highest BCUT2D eigenvalue weighted by molar-refractivity contribution is 6.34. The lowest BCUT2D eigenvalue weighted by Gasteiger charge is -2.26. The predicted molar refractivity (Wildman–Crippen MR) is 143 cm³/mol. The smallest absolute Gasteiger partial charge is 0.252 e. The van der Waals surface area contributed by atoms with Gasteiger partial charge in [0, 0.05) is 47.2 Å². The highest BCUT2D eigenvalue weighted by Gasteiger charge is 2.29. The van der Waals surface area contributed by atoms with Gasteiger partial charge in [-0.1, -0.05) is 24.1 Å². The summed E-state index contributed by atoms with van der Waals surface area (Å²) < 4.78 is 5.96. The summed E-state index contributed by atoms with van der Waals surface area (Å²) in [6, 6.07) is 10.5. The minimum atomic E-state index is -0.827. The van der Waals surface area contributed by atoms with E-state index in [0.717, 1.165) is 34.3 Å². The van der Waals surface area contributed by atoms with Gasteiger partial charge in [-0.2, -0.15) is 0 Å². The van der Waals surface area contributed by atoms with Crippen LogP contribution in [0.2, 0.25) is 5.02 Å². The van der Waals surface area contributed by atoms with E-state index in [9.17, 15) is 9.90 Å². The minimum Gasteiger partial charge on any atom is -0.492 e. The summed E-state index contributed by atoms with van der Waals surface area (Å²) in [6.45, 7) is 7.50. The van der Waals surface area contributed by atoms with Crippen LogP contribution in [0.5, 0.6) is 5.75 Å². The largest absolute Gasteiger partial charge is 0.492 e. The van der Waals surface area contributed by atoms with E-state index < -0.39 is 5.60 Å². The maximum Gasteiger partial charge on any atom is 0.252 e. The van der Waals surface area contributed by atoms with Crippen LogP contribution in [-0.2, 0) is 13.1 Å². The molecule has 0 spiro atoms. The van der Waals surface area contributed by atoms with E-state index >= 15 is 0 Å². The number of ether oxygens (including phenoxy) is 1. The van der Waals surface area contributed by atoms with Gasteiger partial charge in [0.1, 0.15) is 5.75 Å². The second-order valence-corrected chi connectivity index (χ2v) is 10.5. The van der Waals surface area contributed by atoms with Crippen LogP contribution in [0, 0.1) is 0 Å². The zero-order chi connectivity index (χ0) is 23.9. The predicted octanol–water partition coefficient (Wildman–Crippen LogP) is 5.68. The Balaban J connectivity index is 0.00000289. The van der Waals surface area contributed by atoms with Crippen LogP contribution in [0.3, 0.4) is 0 Å². The van der Waals surface area contributed by atoms with Crippen LogP contribution in [0.1, 0.15) is 61.0 Å². The first-order valence-electron chi connectivity index (χ1n) is 12.1. The Kier molecular flexibility index (Phi) is 7.67. The van der Waals surface area contributed by atoms with Crippen molar-refractivity contribution >= 4 is 40.8 Å². The molecule has 3 aromatic rings. The van der Waals surface area contributed by atoms with Gasteiger partial charge < -0.3 is 20.1 Å². The summed E-state index contributed by atoms with van der Waals surface area (Å²) in [5, 5.41) is 14.5. The molecule has 0 bridgehead atoms. The number of hydrogen-bond donors (Lipinski definition) is 3. The summed E-state index contributed by atoms with van der Waals surface area (Å²) in [6.07, 6.45) is 4.36. The molecule has 0 saturated carbocycles. The number of piperidine rings is 1. The molecule has 3 N–H and O–H groups in total. The lowest BCUT2D eigenvalue weighted by Crippen LogP contribution is -2.28. The third kappa shape index (κ3) is 5.61. The average molecular weight is 518 g/mol. The van der Waals surface area contributed by atoms with Gasteiger partial charge >= 0.3 is 0 Å². The van der Waals surface area contributed by atoms with E-state index in [1.807, 2.05) is 6.07 Å². The van der Waals surface area contributed by atoms with E-state index in [1.165, 1.54) is 37.9 Å². The monoisotopic (exact) mass is 517 g/mol. The molecule has 188 valence electrons. The fourth-order valence-corrected chi connectivity index (χ4v) is 5.17. The molecule has 1 fully saturated rings. The van der Waals surface area contributed by atoms with Crippen molar-refractivity contribution in [2.45, 2.75) is 58.2 Å². The third-order valence-electron chi connectivity index (χ3n) is 6.78. The van der Waals surface area contributed by atoms with Crippen molar-refractivity contribution < 1.29 is 14.6 Å². The Morgan fingerprint density at radius 1 is 1.14 bits per heavy atom. The van der Waals surface area contributed by atoms with Gasteiger partial charge in [0.05, 0.1) is 22.8 Å². The molecule has 0 aliphatic carbocycles. The maximum atomic E-state index is 12.7. The first-order chi connectivity index (χ1) is 16.3. The van der Waals surface area contributed by atoms with E-state index in [0.29, 0.717) is 35.9 Å². The second-order valence-electron chi connectivity index (χ2n) is 10.1. The van der Waals surface area contributed by atoms with E-state index in [2.05, 4.69) is 39.5 Å². The van der Waals surface area contributed by atoms with Crippen molar-refractivity contribution in [2.24, 2.45) is 0 Å². The van der Waals surface area contributed by atoms with Gasteiger partial charge in [-0.3, -0.25) is 9.69 Å². The zero-order valence-electron chi connectivity index (χ0n) is 20.2. The quantitative estimate of drug-likeness (QED) is 0.376. The van der Waals surface area contributed by atoms with Crippen molar-refractivity contribution in [3.8, 4) is 17.0 Å². The summed E-state index contributed by atoms with van der Waals surface area (Å²) in [5.41, 5.74) is 4.50. The van der Waals surface area contributed by atoms with Gasteiger partial charge in [0.25, 0.3) is 5.91 Å². The van der Waals surface area contributed by atoms with Gasteiger partial charge in [0.2, 0.25) is 0 Å². The van der Waals surface area contributed by atoms with Crippen LogP contribution < -0.4 is 10.1 Å². The fraction of sp³-hybridized carbons (Fsp3) is 0.444. The molecular weight excluding hydrogens is 485 g/mol. The number of benzene rings is 2. The summed E-state index contributed by atoms with van der Waals surface area (Å²) >= 11 is 6.63. The summed E-state index contributed by atoms with van der Waals surface area (Å²) in [5.74, 6) is 0.403. The highest BCUT2D eigenvalue weighted by Crippen LogP contribution is 2.41. The molecule has 5 rings (SSSR count). The highest BCUT2D eigenvalue weighted by atomic mass is 35.5. The summed E-state index contributed by atoms with van der Waals surface area (Å²) in [7, 11) is 0. The van der Waals surface area contributed by atoms with Crippen LogP contribution in [0.15, 0.2) is 30.3 Å². The Morgan fingerprint density at radius 3 is 2.66 bits per heavy atom. The number of fused-ring (bicyclic) bond motifs is 2. The van der Waals surface area contributed by atoms with Crippen molar-refractivity contribution in [1.82, 2.24) is 15.2 Å². The molecule has 6 nitrogen and oxygen atoms in total. The molecule has 3 heterocycles. The van der Waals surface area contributed by atoms with Gasteiger partial charge in [-0.25, -0.2) is 0 Å². The molecule has 1 aromatic heterocycles. The number of rotatable bonds is 7. The Morgan fingerprint density at radius 2 is 1.91 bits per heavy atom. The molecule has 35 heavy (non-hydrogen) atoms. The van der Waals surface area contributed by atoms with E-state index in [4.69, 9.17) is 16.3 Å². The molecule has 0 atom stereocenters. The van der Waals surface area contributed by atoms with Crippen LogP contribution in [-0.4, -0.2) is 46.2 Å². The number of aliphatic hydroxyl groups is 1. The number of nitrogens with one attached hydrogen (secondary N) is 2. The number of carbonyl (C=O) groups excluding carboxylic acids is 1. The molecule has 0 unspecified atom stereocenters. The first kappa shape index (κ1) is 25.8. The molecule has 2 aromatic carbocycles. The molecule has 8 heteroatoms. The number of carbonyl (C=O) groups is 1. The van der Waals surface area contributed by atoms with Crippen molar-refractivity contribution in [3.63, 3.8) is 0 Å². The Bertz CT molecular complexity index is 1230. The van der Waals surface area contributed by atoms with Crippen LogP contribution in [0.4, 0.5) is 0 Å². The van der Waals surface area contributed by atoms with Crippen molar-refractivity contribution in [1.29, 1.82) is 0 Å². The number of aromatic amines is 1. The molecule has 0 radical (unpaired) electrons. The lowest BCUT2D eigenvalue weighted by atomic mass is 9.99. The third-order valence-corrected chi connectivity index (χ3v) is 7.20. The Hall–Kier alpha value is -2.25. The number of amides is 1. The van der Waals surface area contributed by atoms with Crippen molar-refractivity contribution in [2.75, 3.05) is 19.7 Å². The van der Waals surface area contributed by atoms with Crippen LogP contribution in [0.25, 0.3) is 22.2 Å². The normalized spacial score (nSPS) is 16.2. The molecule has 1 saturated heterocycles. The number of hydrogen-bond acceptors (Lipinski definition) is 4. The molecule has 2 aliphatic heterocycles. The number of nitrogens with zero attached hydrogens (tertiary/aromatic N) is 1. The van der Waals surface area contributed by atoms with Crippen LogP contribution >= 0.6 is 24.0 Å². The van der Waals surface area contributed by atoms with Gasteiger partial charge in [0.15, 0.2) is 0 Å². The zero-order valence-corrected chi connectivity index (χ0v) is 21.8. The molecule has 2 aliphatic rings. The molecule has 1 amide bonds. The van der Waals surface area contributed by atoms with Gasteiger partial charge in [-0.15, -0.1) is 12.4 Å². The SMILES string of the molecule is CC(C)(O)CCOc1cc(-c2cc3cc(CN4CCCCC4)ccc3[nH]2)c2c(c1Cl)CNC2=O.Cl. The Labute approximate surface area is 217 Å². The standard InChI is InChI=1S/C27H32ClN3O3.ClH/c1-27(2,33)8-11-34-23-14-19(24-20(25(23)28)15-29-26(24)32)22-13-18-12-17(6-7-21(18)30-22)16-31-9-4-3-5-10-31;/h6-7,12-14,30,33H,3-5,8-11,15-16H2,1-2H3,(H,29,32);1H. The number of H-pyrrole nitrogens is 1. The fourth-order valence-electron chi connectivity index (χ4n) is 4.90. The first-order valence-corrected chi connectivity index (χ1v) is 12.5. The topological polar surface area (TPSA) is 77.6 Å². The van der Waals surface area contributed by atoms with Gasteiger partial charge in [-0.05, 0) is 69.6 Å². The molecular formula is C27H33Cl2N3O3. The van der Waals surface area contributed by atoms with E-state index in [1.54, 1.807) is 13.8 Å². The minimum absolute atomic E-state index is 0. The number of likely N-dealkylation sites (tertiary alicyclic amines) is 1. The number of halogens is 2. The number of aromatic nitrogens is 1. The lowest BCUT2D eigenvalue weighted by molar-refractivity contribution is 0.0553.